The summed E-state index contributed by atoms with van der Waals surface area (Å²) in [6, 6.07) is 8.11. The minimum absolute atomic E-state index is 0.170. The number of rotatable bonds is 4. The number of benzene rings is 1. The van der Waals surface area contributed by atoms with E-state index in [0.29, 0.717) is 0 Å². The maximum atomic E-state index is 6.27. The molecule has 1 heterocycles. The Morgan fingerprint density at radius 1 is 1.28 bits per heavy atom. The third-order valence-corrected chi connectivity index (χ3v) is 3.14. The lowest BCUT2D eigenvalue weighted by Crippen LogP contribution is -2.17. The van der Waals surface area contributed by atoms with Crippen LogP contribution in [0.1, 0.15) is 24.4 Å². The van der Waals surface area contributed by atoms with Crippen LogP contribution >= 0.6 is 0 Å². The first-order chi connectivity index (χ1) is 8.63. The minimum Gasteiger partial charge on any atom is -0.378 e. The van der Waals surface area contributed by atoms with Gasteiger partial charge in [-0.1, -0.05) is 12.1 Å². The van der Waals surface area contributed by atoms with Gasteiger partial charge < -0.3 is 15.2 Å². The number of hydrogen-bond acceptors (Lipinski definition) is 3. The monoisotopic (exact) mass is 244 g/mol. The molecule has 1 atom stereocenters. The molecule has 0 fully saturated rings. The zero-order valence-corrected chi connectivity index (χ0v) is 11.2. The zero-order chi connectivity index (χ0) is 13.1. The summed E-state index contributed by atoms with van der Waals surface area (Å²) < 4.78 is 2.07. The number of hydrogen-bond donors (Lipinski definition) is 1. The van der Waals surface area contributed by atoms with Gasteiger partial charge in [0.15, 0.2) is 0 Å². The van der Waals surface area contributed by atoms with Crippen LogP contribution < -0.4 is 10.6 Å². The van der Waals surface area contributed by atoms with E-state index in [1.807, 2.05) is 20.3 Å². The molecular weight excluding hydrogens is 224 g/mol. The van der Waals surface area contributed by atoms with E-state index in [1.165, 1.54) is 5.69 Å². The molecule has 4 nitrogen and oxygen atoms in total. The highest BCUT2D eigenvalue weighted by Gasteiger charge is 2.13. The first-order valence-corrected chi connectivity index (χ1v) is 6.17. The van der Waals surface area contributed by atoms with E-state index < -0.39 is 0 Å². The summed E-state index contributed by atoms with van der Waals surface area (Å²) in [5.41, 5.74) is 8.52. The van der Waals surface area contributed by atoms with Crippen LogP contribution in [0.3, 0.4) is 0 Å². The molecule has 0 radical (unpaired) electrons. The van der Waals surface area contributed by atoms with Crippen LogP contribution in [0.25, 0.3) is 0 Å². The fourth-order valence-corrected chi connectivity index (χ4v) is 2.00. The van der Waals surface area contributed by atoms with Gasteiger partial charge >= 0.3 is 0 Å². The lowest BCUT2D eigenvalue weighted by atomic mass is 10.1. The number of aryl methyl sites for hydroxylation is 1. The van der Waals surface area contributed by atoms with Crippen LogP contribution in [0.5, 0.6) is 0 Å². The van der Waals surface area contributed by atoms with Crippen molar-refractivity contribution in [1.29, 1.82) is 0 Å². The van der Waals surface area contributed by atoms with Crippen LogP contribution in [-0.4, -0.2) is 23.6 Å². The lowest BCUT2D eigenvalue weighted by Gasteiger charge is -2.16. The van der Waals surface area contributed by atoms with Crippen molar-refractivity contribution in [2.45, 2.75) is 19.5 Å². The Morgan fingerprint density at radius 2 is 1.94 bits per heavy atom. The molecule has 0 saturated heterocycles. The molecule has 0 saturated carbocycles. The van der Waals surface area contributed by atoms with Gasteiger partial charge in [0.1, 0.15) is 5.82 Å². The zero-order valence-electron chi connectivity index (χ0n) is 11.2. The Bertz CT molecular complexity index is 499. The number of aromatic nitrogens is 2. The molecule has 18 heavy (non-hydrogen) atoms. The van der Waals surface area contributed by atoms with Gasteiger partial charge in [-0.3, -0.25) is 0 Å². The van der Waals surface area contributed by atoms with E-state index in [1.54, 1.807) is 6.20 Å². The number of imidazole rings is 1. The maximum absolute atomic E-state index is 6.27. The molecule has 0 bridgehead atoms. The summed E-state index contributed by atoms with van der Waals surface area (Å²) in [5, 5.41) is 0. The SMILES string of the molecule is CCn1ccnc1C(N)c1ccc(N(C)C)cc1. The van der Waals surface area contributed by atoms with Gasteiger partial charge in [0.05, 0.1) is 6.04 Å². The first-order valence-electron chi connectivity index (χ1n) is 6.17. The van der Waals surface area contributed by atoms with Crippen molar-refractivity contribution < 1.29 is 0 Å². The van der Waals surface area contributed by atoms with E-state index in [9.17, 15) is 0 Å². The molecule has 4 heteroatoms. The van der Waals surface area contributed by atoms with Gasteiger partial charge in [0.2, 0.25) is 0 Å². The van der Waals surface area contributed by atoms with Gasteiger partial charge in [-0.2, -0.15) is 0 Å². The molecule has 1 aromatic carbocycles. The van der Waals surface area contributed by atoms with E-state index in [0.717, 1.165) is 17.9 Å². The van der Waals surface area contributed by atoms with E-state index >= 15 is 0 Å². The molecule has 2 N–H and O–H groups in total. The largest absolute Gasteiger partial charge is 0.378 e. The van der Waals surface area contributed by atoms with Crippen LogP contribution in [0.15, 0.2) is 36.7 Å². The fourth-order valence-electron chi connectivity index (χ4n) is 2.00. The van der Waals surface area contributed by atoms with Crippen LogP contribution in [-0.2, 0) is 6.54 Å². The molecule has 0 aliphatic carbocycles. The predicted octanol–water partition coefficient (Wildman–Crippen LogP) is 2.02. The normalized spacial score (nSPS) is 12.4. The molecule has 1 unspecified atom stereocenters. The van der Waals surface area contributed by atoms with Crippen molar-refractivity contribution in [2.24, 2.45) is 5.73 Å². The Morgan fingerprint density at radius 3 is 2.50 bits per heavy atom. The standard InChI is InChI=1S/C14H20N4/c1-4-18-10-9-16-14(18)13(15)11-5-7-12(8-6-11)17(2)3/h5-10,13H,4,15H2,1-3H3. The van der Waals surface area contributed by atoms with Crippen LogP contribution in [0.4, 0.5) is 5.69 Å². The molecule has 1 aromatic heterocycles. The maximum Gasteiger partial charge on any atom is 0.130 e. The van der Waals surface area contributed by atoms with E-state index in [4.69, 9.17) is 5.73 Å². The molecule has 0 amide bonds. The van der Waals surface area contributed by atoms with E-state index in [2.05, 4.69) is 45.6 Å². The molecule has 0 aliphatic rings. The second-order valence-corrected chi connectivity index (χ2v) is 4.54. The van der Waals surface area contributed by atoms with Gasteiger partial charge in [-0.15, -0.1) is 0 Å². The highest BCUT2D eigenvalue weighted by Crippen LogP contribution is 2.21. The molecular formula is C14H20N4. The highest BCUT2D eigenvalue weighted by molar-refractivity contribution is 5.47. The molecule has 0 spiro atoms. The lowest BCUT2D eigenvalue weighted by molar-refractivity contribution is 0.656. The topological polar surface area (TPSA) is 47.1 Å². The summed E-state index contributed by atoms with van der Waals surface area (Å²) in [4.78, 5) is 6.42. The Kier molecular flexibility index (Phi) is 3.67. The minimum atomic E-state index is -0.170. The van der Waals surface area contributed by atoms with Gasteiger partial charge in [0.25, 0.3) is 0 Å². The summed E-state index contributed by atoms with van der Waals surface area (Å²) in [6.45, 7) is 2.98. The third kappa shape index (κ3) is 2.38. The Balaban J connectivity index is 2.26. The highest BCUT2D eigenvalue weighted by atomic mass is 15.1. The number of anilines is 1. The molecule has 0 aliphatic heterocycles. The van der Waals surface area contributed by atoms with Crippen molar-refractivity contribution >= 4 is 5.69 Å². The fraction of sp³-hybridized carbons (Fsp3) is 0.357. The van der Waals surface area contributed by atoms with E-state index in [-0.39, 0.29) is 6.04 Å². The smallest absolute Gasteiger partial charge is 0.130 e. The number of nitrogens with two attached hydrogens (primary N) is 1. The third-order valence-electron chi connectivity index (χ3n) is 3.14. The van der Waals surface area contributed by atoms with Gasteiger partial charge in [-0.05, 0) is 24.6 Å². The second-order valence-electron chi connectivity index (χ2n) is 4.54. The quantitative estimate of drug-likeness (QED) is 0.895. The van der Waals surface area contributed by atoms with Gasteiger partial charge in [0, 0.05) is 38.7 Å². The summed E-state index contributed by atoms with van der Waals surface area (Å²) in [5.74, 6) is 0.912. The Hall–Kier alpha value is -1.81. The first kappa shape index (κ1) is 12.6. The van der Waals surface area contributed by atoms with Crippen LogP contribution in [0, 0.1) is 0 Å². The van der Waals surface area contributed by atoms with Crippen molar-refractivity contribution in [3.8, 4) is 0 Å². The number of nitrogens with zero attached hydrogens (tertiary/aromatic N) is 3. The van der Waals surface area contributed by atoms with Crippen molar-refractivity contribution in [3.63, 3.8) is 0 Å². The summed E-state index contributed by atoms with van der Waals surface area (Å²) >= 11 is 0. The Labute approximate surface area is 108 Å². The van der Waals surface area contributed by atoms with Crippen molar-refractivity contribution in [1.82, 2.24) is 9.55 Å². The van der Waals surface area contributed by atoms with Crippen LogP contribution in [0.2, 0.25) is 0 Å². The molecule has 96 valence electrons. The summed E-state index contributed by atoms with van der Waals surface area (Å²) in [6.07, 6.45) is 3.76. The molecule has 2 aromatic rings. The van der Waals surface area contributed by atoms with Crippen molar-refractivity contribution in [3.05, 3.63) is 48.0 Å². The van der Waals surface area contributed by atoms with Crippen molar-refractivity contribution in [2.75, 3.05) is 19.0 Å². The second kappa shape index (κ2) is 5.23. The average Bonchev–Trinajstić information content (AvgIpc) is 2.86. The molecule has 2 rings (SSSR count). The average molecular weight is 244 g/mol. The predicted molar refractivity (Wildman–Crippen MR) is 74.7 cm³/mol. The van der Waals surface area contributed by atoms with Gasteiger partial charge in [-0.25, -0.2) is 4.98 Å². The summed E-state index contributed by atoms with van der Waals surface area (Å²) in [7, 11) is 4.05.